The van der Waals surface area contributed by atoms with Gasteiger partial charge in [0.25, 0.3) is 5.91 Å². The Labute approximate surface area is 146 Å². The maximum Gasteiger partial charge on any atom is 0.251 e. The topological polar surface area (TPSA) is 69.6 Å². The van der Waals surface area contributed by atoms with Crippen LogP contribution >= 0.6 is 0 Å². The lowest BCUT2D eigenvalue weighted by atomic mass is 10.1. The second-order valence-corrected chi connectivity index (χ2v) is 6.67. The molecule has 2 aromatic rings. The lowest BCUT2D eigenvalue weighted by Crippen LogP contribution is -2.27. The maximum atomic E-state index is 12.7. The fraction of sp³-hybridized carbons (Fsp3) is 0.300. The monoisotopic (exact) mass is 336 g/mol. The molecule has 1 aliphatic carbocycles. The smallest absolute Gasteiger partial charge is 0.251 e. The van der Waals surface area contributed by atoms with E-state index in [0.29, 0.717) is 17.9 Å². The summed E-state index contributed by atoms with van der Waals surface area (Å²) < 4.78 is 0. The molecule has 2 aliphatic rings. The van der Waals surface area contributed by atoms with Crippen LogP contribution in [0.4, 0.5) is 5.69 Å². The largest absolute Gasteiger partial charge is 0.508 e. The van der Waals surface area contributed by atoms with Crippen molar-refractivity contribution in [2.75, 3.05) is 11.4 Å². The minimum absolute atomic E-state index is 0.0262. The van der Waals surface area contributed by atoms with Gasteiger partial charge in [-0.05, 0) is 60.2 Å². The molecular weight excluding hydrogens is 316 g/mol. The van der Waals surface area contributed by atoms with E-state index in [1.54, 1.807) is 24.0 Å². The molecule has 5 heteroatoms. The first-order chi connectivity index (χ1) is 12.0. The van der Waals surface area contributed by atoms with Crippen LogP contribution in [0.2, 0.25) is 0 Å². The molecule has 0 aromatic heterocycles. The van der Waals surface area contributed by atoms with Crippen molar-refractivity contribution in [2.24, 2.45) is 0 Å². The van der Waals surface area contributed by atoms with Gasteiger partial charge in [-0.25, -0.2) is 0 Å². The average molecular weight is 336 g/mol. The van der Waals surface area contributed by atoms with Gasteiger partial charge in [-0.2, -0.15) is 0 Å². The van der Waals surface area contributed by atoms with Gasteiger partial charge in [0.05, 0.1) is 6.04 Å². The lowest BCUT2D eigenvalue weighted by Gasteiger charge is -2.16. The van der Waals surface area contributed by atoms with Crippen LogP contribution in [0.15, 0.2) is 36.4 Å². The quantitative estimate of drug-likeness (QED) is 0.886. The molecule has 0 spiro atoms. The summed E-state index contributed by atoms with van der Waals surface area (Å²) in [6.45, 7) is 2.23. The molecule has 0 radical (unpaired) electrons. The van der Waals surface area contributed by atoms with E-state index in [2.05, 4.69) is 5.32 Å². The minimum atomic E-state index is -0.120. The van der Waals surface area contributed by atoms with Gasteiger partial charge in [0.1, 0.15) is 5.75 Å². The van der Waals surface area contributed by atoms with Gasteiger partial charge in [-0.3, -0.25) is 9.59 Å². The highest BCUT2D eigenvalue weighted by atomic mass is 16.3. The molecule has 0 saturated heterocycles. The molecule has 2 amide bonds. The average Bonchev–Trinajstić information content (AvgIpc) is 3.19. The van der Waals surface area contributed by atoms with Crippen molar-refractivity contribution in [3.63, 3.8) is 0 Å². The van der Waals surface area contributed by atoms with Crippen LogP contribution in [0.3, 0.4) is 0 Å². The fourth-order valence-corrected chi connectivity index (χ4v) is 3.90. The Morgan fingerprint density at radius 3 is 2.84 bits per heavy atom. The van der Waals surface area contributed by atoms with Crippen molar-refractivity contribution in [3.05, 3.63) is 58.7 Å². The van der Waals surface area contributed by atoms with Gasteiger partial charge in [-0.15, -0.1) is 0 Å². The Morgan fingerprint density at radius 1 is 1.20 bits per heavy atom. The molecule has 2 aromatic carbocycles. The Balaban J connectivity index is 1.54. The van der Waals surface area contributed by atoms with E-state index in [1.165, 1.54) is 0 Å². The van der Waals surface area contributed by atoms with Crippen molar-refractivity contribution in [3.8, 4) is 5.75 Å². The SMILES string of the molecule is CC(=O)N1CCc2cc(C(=O)N[C@H]3CCc4c(O)cccc43)ccc21. The Hall–Kier alpha value is -2.82. The summed E-state index contributed by atoms with van der Waals surface area (Å²) in [5.74, 6) is 0.208. The molecule has 1 atom stereocenters. The third-order valence-electron chi connectivity index (χ3n) is 5.17. The number of carbonyl (C=O) groups is 2. The molecule has 4 rings (SSSR count). The number of hydrogen-bond donors (Lipinski definition) is 2. The van der Waals surface area contributed by atoms with E-state index in [-0.39, 0.29) is 17.9 Å². The van der Waals surface area contributed by atoms with Crippen molar-refractivity contribution in [1.29, 1.82) is 0 Å². The summed E-state index contributed by atoms with van der Waals surface area (Å²) >= 11 is 0. The van der Waals surface area contributed by atoms with Gasteiger partial charge < -0.3 is 15.3 Å². The summed E-state index contributed by atoms with van der Waals surface area (Å²) in [4.78, 5) is 26.0. The van der Waals surface area contributed by atoms with Crippen molar-refractivity contribution in [1.82, 2.24) is 5.32 Å². The summed E-state index contributed by atoms with van der Waals surface area (Å²) in [5.41, 5.74) is 4.47. The number of rotatable bonds is 2. The van der Waals surface area contributed by atoms with E-state index >= 15 is 0 Å². The van der Waals surface area contributed by atoms with Crippen molar-refractivity contribution < 1.29 is 14.7 Å². The molecule has 5 nitrogen and oxygen atoms in total. The normalized spacial score (nSPS) is 18.0. The lowest BCUT2D eigenvalue weighted by molar-refractivity contribution is -0.116. The first kappa shape index (κ1) is 15.7. The van der Waals surface area contributed by atoms with Crippen molar-refractivity contribution >= 4 is 17.5 Å². The highest BCUT2D eigenvalue weighted by Gasteiger charge is 2.27. The minimum Gasteiger partial charge on any atom is -0.508 e. The molecule has 1 heterocycles. The number of nitrogens with zero attached hydrogens (tertiary/aromatic N) is 1. The molecule has 0 bridgehead atoms. The van der Waals surface area contributed by atoms with E-state index in [1.807, 2.05) is 24.3 Å². The van der Waals surface area contributed by atoms with E-state index < -0.39 is 0 Å². The third-order valence-corrected chi connectivity index (χ3v) is 5.17. The number of phenols is 1. The fourth-order valence-electron chi connectivity index (χ4n) is 3.90. The first-order valence-corrected chi connectivity index (χ1v) is 8.57. The zero-order chi connectivity index (χ0) is 17.6. The van der Waals surface area contributed by atoms with Gasteiger partial charge >= 0.3 is 0 Å². The Morgan fingerprint density at radius 2 is 2.04 bits per heavy atom. The number of anilines is 1. The standard InChI is InChI=1S/C20H20N2O3/c1-12(23)22-10-9-13-11-14(5-8-18(13)22)20(25)21-17-7-6-16-15(17)3-2-4-19(16)24/h2-5,8,11,17,24H,6-7,9-10H2,1H3,(H,21,25)/t17-/m0/s1. The molecule has 0 unspecified atom stereocenters. The van der Waals surface area contributed by atoms with Crippen molar-refractivity contribution in [2.45, 2.75) is 32.2 Å². The van der Waals surface area contributed by atoms with Crippen LogP contribution < -0.4 is 10.2 Å². The number of aromatic hydroxyl groups is 1. The second kappa shape index (κ2) is 5.92. The number of carbonyl (C=O) groups excluding carboxylic acids is 2. The summed E-state index contributed by atoms with van der Waals surface area (Å²) in [6.07, 6.45) is 2.34. The predicted molar refractivity (Wildman–Crippen MR) is 94.8 cm³/mol. The zero-order valence-corrected chi connectivity index (χ0v) is 14.1. The molecule has 0 saturated carbocycles. The predicted octanol–water partition coefficient (Wildman–Crippen LogP) is 2.72. The van der Waals surface area contributed by atoms with Crippen LogP contribution in [0.1, 0.15) is 46.4 Å². The molecule has 0 fully saturated rings. The number of benzene rings is 2. The molecule has 25 heavy (non-hydrogen) atoms. The number of nitrogens with one attached hydrogen (secondary N) is 1. The number of phenolic OH excluding ortho intramolecular Hbond substituents is 1. The Kier molecular flexibility index (Phi) is 3.71. The number of amides is 2. The zero-order valence-electron chi connectivity index (χ0n) is 14.1. The van der Waals surface area contributed by atoms with E-state index in [0.717, 1.165) is 41.6 Å². The molecule has 1 aliphatic heterocycles. The molecular formula is C20H20N2O3. The van der Waals surface area contributed by atoms with Crippen LogP contribution in [0.25, 0.3) is 0 Å². The number of fused-ring (bicyclic) bond motifs is 2. The van der Waals surface area contributed by atoms with Gasteiger partial charge in [-0.1, -0.05) is 12.1 Å². The van der Waals surface area contributed by atoms with Crippen LogP contribution in [0.5, 0.6) is 5.75 Å². The second-order valence-electron chi connectivity index (χ2n) is 6.67. The van der Waals surface area contributed by atoms with Crippen LogP contribution in [-0.2, 0) is 17.6 Å². The highest BCUT2D eigenvalue weighted by molar-refractivity contribution is 5.98. The third kappa shape index (κ3) is 2.65. The van der Waals surface area contributed by atoms with Gasteiger partial charge in [0.2, 0.25) is 5.91 Å². The van der Waals surface area contributed by atoms with Crippen LogP contribution in [-0.4, -0.2) is 23.5 Å². The maximum absolute atomic E-state index is 12.7. The summed E-state index contributed by atoms with van der Waals surface area (Å²) in [6, 6.07) is 10.9. The molecule has 128 valence electrons. The summed E-state index contributed by atoms with van der Waals surface area (Å²) in [5, 5.41) is 13.0. The number of hydrogen-bond acceptors (Lipinski definition) is 3. The van der Waals surface area contributed by atoms with Gasteiger partial charge in [0, 0.05) is 24.7 Å². The van der Waals surface area contributed by atoms with E-state index in [9.17, 15) is 14.7 Å². The first-order valence-electron chi connectivity index (χ1n) is 8.57. The van der Waals surface area contributed by atoms with Crippen LogP contribution in [0, 0.1) is 0 Å². The summed E-state index contributed by atoms with van der Waals surface area (Å²) in [7, 11) is 0. The molecule has 2 N–H and O–H groups in total. The van der Waals surface area contributed by atoms with Gasteiger partial charge in [0.15, 0.2) is 0 Å². The van der Waals surface area contributed by atoms with E-state index in [4.69, 9.17) is 0 Å². The highest BCUT2D eigenvalue weighted by Crippen LogP contribution is 2.36. The Bertz CT molecular complexity index is 875.